The fourth-order valence-corrected chi connectivity index (χ4v) is 2.47. The van der Waals surface area contributed by atoms with Crippen LogP contribution in [0.4, 0.5) is 10.1 Å². The molecule has 1 aromatic carbocycles. The third kappa shape index (κ3) is 2.90. The van der Waals surface area contributed by atoms with Crippen molar-refractivity contribution in [2.75, 3.05) is 31.1 Å². The predicted molar refractivity (Wildman–Crippen MR) is 70.3 cm³/mol. The maximum Gasteiger partial charge on any atom is 0.165 e. The molecule has 0 spiro atoms. The predicted octanol–water partition coefficient (Wildman–Crippen LogP) is 2.91. The topological polar surface area (TPSA) is 15.3 Å². The van der Waals surface area contributed by atoms with Crippen molar-refractivity contribution < 1.29 is 4.39 Å². The van der Waals surface area contributed by atoms with E-state index in [-0.39, 0.29) is 10.8 Å². The largest absolute Gasteiger partial charge is 0.369 e. The summed E-state index contributed by atoms with van der Waals surface area (Å²) in [5, 5.41) is 3.55. The van der Waals surface area contributed by atoms with E-state index in [0.29, 0.717) is 11.6 Å². The van der Waals surface area contributed by atoms with Gasteiger partial charge in [-0.3, -0.25) is 0 Å². The molecule has 1 unspecified atom stereocenters. The second-order valence-corrected chi connectivity index (χ2v) is 4.89. The van der Waals surface area contributed by atoms with E-state index in [0.717, 1.165) is 32.6 Å². The highest BCUT2D eigenvalue weighted by Crippen LogP contribution is 2.29. The highest BCUT2D eigenvalue weighted by atomic mass is 35.5. The van der Waals surface area contributed by atoms with E-state index in [2.05, 4.69) is 17.1 Å². The lowest BCUT2D eigenvalue weighted by molar-refractivity contribution is 0.527. The van der Waals surface area contributed by atoms with E-state index in [1.54, 1.807) is 18.2 Å². The van der Waals surface area contributed by atoms with Gasteiger partial charge in [0.25, 0.3) is 0 Å². The molecule has 1 heterocycles. The summed E-state index contributed by atoms with van der Waals surface area (Å²) < 4.78 is 13.8. The average molecular weight is 257 g/mol. The second kappa shape index (κ2) is 5.69. The summed E-state index contributed by atoms with van der Waals surface area (Å²) in [5.74, 6) is 0.312. The fraction of sp³-hybridized carbons (Fsp3) is 0.538. The zero-order valence-electron chi connectivity index (χ0n) is 10.0. The highest BCUT2D eigenvalue weighted by molar-refractivity contribution is 6.31. The number of hydrogen-bond donors (Lipinski definition) is 1. The Kier molecular flexibility index (Phi) is 4.24. The van der Waals surface area contributed by atoms with Crippen LogP contribution in [-0.2, 0) is 0 Å². The van der Waals surface area contributed by atoms with Gasteiger partial charge in [-0.05, 0) is 37.6 Å². The molecule has 0 saturated carbocycles. The quantitative estimate of drug-likeness (QED) is 0.891. The molecular formula is C13H18ClFN2. The molecule has 0 aliphatic carbocycles. The molecule has 1 aromatic rings. The second-order valence-electron chi connectivity index (χ2n) is 4.48. The molecule has 0 aromatic heterocycles. The van der Waals surface area contributed by atoms with Crippen molar-refractivity contribution in [1.29, 1.82) is 0 Å². The van der Waals surface area contributed by atoms with Crippen LogP contribution in [0.25, 0.3) is 0 Å². The van der Waals surface area contributed by atoms with Gasteiger partial charge in [0.15, 0.2) is 5.82 Å². The number of nitrogens with zero attached hydrogens (tertiary/aromatic N) is 1. The SMILES string of the molecule is CCNCC1CCN(c2cccc(Cl)c2F)C1. The van der Waals surface area contributed by atoms with E-state index in [9.17, 15) is 4.39 Å². The monoisotopic (exact) mass is 256 g/mol. The van der Waals surface area contributed by atoms with Crippen LogP contribution >= 0.6 is 11.6 Å². The third-order valence-corrected chi connectivity index (χ3v) is 3.53. The normalized spacial score (nSPS) is 19.9. The summed E-state index contributed by atoms with van der Waals surface area (Å²) in [5.41, 5.74) is 0.636. The van der Waals surface area contributed by atoms with Gasteiger partial charge in [-0.2, -0.15) is 0 Å². The van der Waals surface area contributed by atoms with E-state index in [1.807, 2.05) is 0 Å². The van der Waals surface area contributed by atoms with E-state index in [4.69, 9.17) is 11.6 Å². The first-order valence-corrected chi connectivity index (χ1v) is 6.49. The molecule has 2 rings (SSSR count). The van der Waals surface area contributed by atoms with E-state index in [1.165, 1.54) is 0 Å². The molecule has 0 radical (unpaired) electrons. The van der Waals surface area contributed by atoms with Crippen LogP contribution in [0.2, 0.25) is 5.02 Å². The smallest absolute Gasteiger partial charge is 0.165 e. The Morgan fingerprint density at radius 1 is 1.53 bits per heavy atom. The Morgan fingerprint density at radius 2 is 2.35 bits per heavy atom. The van der Waals surface area contributed by atoms with Gasteiger partial charge in [0, 0.05) is 13.1 Å². The molecule has 1 aliphatic heterocycles. The van der Waals surface area contributed by atoms with Gasteiger partial charge < -0.3 is 10.2 Å². The molecule has 1 atom stereocenters. The number of halogens is 2. The Bertz CT molecular complexity index is 384. The lowest BCUT2D eigenvalue weighted by Crippen LogP contribution is -2.26. The van der Waals surface area contributed by atoms with E-state index >= 15 is 0 Å². The van der Waals surface area contributed by atoms with Crippen LogP contribution in [-0.4, -0.2) is 26.2 Å². The lowest BCUT2D eigenvalue weighted by atomic mass is 10.1. The average Bonchev–Trinajstić information content (AvgIpc) is 2.78. The summed E-state index contributed by atoms with van der Waals surface area (Å²) in [7, 11) is 0. The van der Waals surface area contributed by atoms with Gasteiger partial charge in [-0.15, -0.1) is 0 Å². The van der Waals surface area contributed by atoms with Gasteiger partial charge in [0.2, 0.25) is 0 Å². The molecule has 0 bridgehead atoms. The Balaban J connectivity index is 2.02. The van der Waals surface area contributed by atoms with Gasteiger partial charge in [0.05, 0.1) is 10.7 Å². The van der Waals surface area contributed by atoms with Crippen molar-refractivity contribution in [2.24, 2.45) is 5.92 Å². The van der Waals surface area contributed by atoms with Crippen molar-refractivity contribution in [2.45, 2.75) is 13.3 Å². The molecule has 1 fully saturated rings. The van der Waals surface area contributed by atoms with Gasteiger partial charge in [0.1, 0.15) is 0 Å². The lowest BCUT2D eigenvalue weighted by Gasteiger charge is -2.19. The number of nitrogens with one attached hydrogen (secondary N) is 1. The highest BCUT2D eigenvalue weighted by Gasteiger charge is 2.24. The summed E-state index contributed by atoms with van der Waals surface area (Å²) in [4.78, 5) is 2.09. The zero-order valence-corrected chi connectivity index (χ0v) is 10.8. The first kappa shape index (κ1) is 12.7. The summed E-state index contributed by atoms with van der Waals surface area (Å²) >= 11 is 5.80. The van der Waals surface area contributed by atoms with Crippen molar-refractivity contribution in [1.82, 2.24) is 5.32 Å². The van der Waals surface area contributed by atoms with Crippen LogP contribution < -0.4 is 10.2 Å². The molecular weight excluding hydrogens is 239 g/mol. The standard InChI is InChI=1S/C13H18ClFN2/c1-2-16-8-10-6-7-17(9-10)12-5-3-4-11(14)13(12)15/h3-5,10,16H,2,6-9H2,1H3. The molecule has 1 N–H and O–H groups in total. The van der Waals surface area contributed by atoms with E-state index < -0.39 is 0 Å². The first-order valence-electron chi connectivity index (χ1n) is 6.12. The fourth-order valence-electron chi connectivity index (χ4n) is 2.30. The minimum atomic E-state index is -0.293. The molecule has 4 heteroatoms. The summed E-state index contributed by atoms with van der Waals surface area (Å²) in [6.45, 7) is 5.91. The van der Waals surface area contributed by atoms with Crippen LogP contribution in [0.5, 0.6) is 0 Å². The minimum Gasteiger partial charge on any atom is -0.369 e. The number of hydrogen-bond acceptors (Lipinski definition) is 2. The molecule has 2 nitrogen and oxygen atoms in total. The maximum absolute atomic E-state index is 13.8. The van der Waals surface area contributed by atoms with Crippen LogP contribution in [0, 0.1) is 11.7 Å². The first-order chi connectivity index (χ1) is 8.22. The maximum atomic E-state index is 13.8. The van der Waals surface area contributed by atoms with Crippen molar-refractivity contribution in [3.8, 4) is 0 Å². The molecule has 1 saturated heterocycles. The van der Waals surface area contributed by atoms with Crippen LogP contribution in [0.3, 0.4) is 0 Å². The van der Waals surface area contributed by atoms with Crippen molar-refractivity contribution >= 4 is 17.3 Å². The zero-order chi connectivity index (χ0) is 12.3. The van der Waals surface area contributed by atoms with Gasteiger partial charge >= 0.3 is 0 Å². The number of anilines is 1. The van der Waals surface area contributed by atoms with Gasteiger partial charge in [-0.25, -0.2) is 4.39 Å². The van der Waals surface area contributed by atoms with Crippen molar-refractivity contribution in [3.05, 3.63) is 29.0 Å². The third-order valence-electron chi connectivity index (χ3n) is 3.24. The van der Waals surface area contributed by atoms with Crippen LogP contribution in [0.1, 0.15) is 13.3 Å². The molecule has 0 amide bonds. The Morgan fingerprint density at radius 3 is 3.12 bits per heavy atom. The Hall–Kier alpha value is -0.800. The van der Waals surface area contributed by atoms with Crippen molar-refractivity contribution in [3.63, 3.8) is 0 Å². The minimum absolute atomic E-state index is 0.206. The summed E-state index contributed by atoms with van der Waals surface area (Å²) in [6, 6.07) is 5.20. The molecule has 1 aliphatic rings. The number of rotatable bonds is 4. The van der Waals surface area contributed by atoms with Crippen LogP contribution in [0.15, 0.2) is 18.2 Å². The molecule has 94 valence electrons. The van der Waals surface area contributed by atoms with Gasteiger partial charge in [-0.1, -0.05) is 24.6 Å². The molecule has 17 heavy (non-hydrogen) atoms. The number of benzene rings is 1. The summed E-state index contributed by atoms with van der Waals surface area (Å²) in [6.07, 6.45) is 1.11. The Labute approximate surface area is 107 Å².